The SMILES string of the molecule is c1cc2c(cc1CCC1CNCCO1)CCO2. The van der Waals surface area contributed by atoms with Crippen LogP contribution in [0.2, 0.25) is 0 Å². The Morgan fingerprint density at radius 3 is 3.18 bits per heavy atom. The van der Waals surface area contributed by atoms with Gasteiger partial charge in [0.2, 0.25) is 0 Å². The van der Waals surface area contributed by atoms with Gasteiger partial charge in [-0.15, -0.1) is 0 Å². The summed E-state index contributed by atoms with van der Waals surface area (Å²) in [6, 6.07) is 6.58. The number of benzene rings is 1. The lowest BCUT2D eigenvalue weighted by atomic mass is 10.0. The molecule has 1 aromatic carbocycles. The van der Waals surface area contributed by atoms with Gasteiger partial charge >= 0.3 is 0 Å². The van der Waals surface area contributed by atoms with Gasteiger partial charge in [-0.25, -0.2) is 0 Å². The molecule has 3 nitrogen and oxygen atoms in total. The van der Waals surface area contributed by atoms with Crippen molar-refractivity contribution in [2.24, 2.45) is 0 Å². The van der Waals surface area contributed by atoms with Gasteiger partial charge in [0, 0.05) is 19.5 Å². The molecule has 0 amide bonds. The van der Waals surface area contributed by atoms with Gasteiger partial charge in [-0.05, 0) is 30.0 Å². The lowest BCUT2D eigenvalue weighted by Crippen LogP contribution is -2.38. The molecule has 3 rings (SSSR count). The van der Waals surface area contributed by atoms with Crippen LogP contribution in [0.15, 0.2) is 18.2 Å². The fourth-order valence-electron chi connectivity index (χ4n) is 2.53. The maximum absolute atomic E-state index is 5.71. The zero-order valence-electron chi connectivity index (χ0n) is 10.1. The molecule has 2 aliphatic heterocycles. The van der Waals surface area contributed by atoms with E-state index >= 15 is 0 Å². The second-order valence-electron chi connectivity index (χ2n) is 4.78. The molecule has 92 valence electrons. The first kappa shape index (κ1) is 11.1. The first-order chi connectivity index (χ1) is 8.42. The molecule has 2 aliphatic rings. The molecule has 0 aromatic heterocycles. The Labute approximate surface area is 102 Å². The topological polar surface area (TPSA) is 30.5 Å². The summed E-state index contributed by atoms with van der Waals surface area (Å²) < 4.78 is 11.2. The smallest absolute Gasteiger partial charge is 0.122 e. The summed E-state index contributed by atoms with van der Waals surface area (Å²) in [5.41, 5.74) is 2.77. The number of aryl methyl sites for hydroxylation is 1. The molecule has 1 N–H and O–H groups in total. The van der Waals surface area contributed by atoms with Crippen LogP contribution in [0.1, 0.15) is 17.5 Å². The first-order valence-corrected chi connectivity index (χ1v) is 6.49. The third kappa shape index (κ3) is 2.61. The van der Waals surface area contributed by atoms with E-state index in [-0.39, 0.29) is 0 Å². The molecule has 1 aromatic rings. The van der Waals surface area contributed by atoms with E-state index in [2.05, 4.69) is 23.5 Å². The minimum atomic E-state index is 0.383. The van der Waals surface area contributed by atoms with Gasteiger partial charge < -0.3 is 14.8 Å². The Morgan fingerprint density at radius 1 is 1.29 bits per heavy atom. The van der Waals surface area contributed by atoms with Gasteiger partial charge in [0.1, 0.15) is 5.75 Å². The second kappa shape index (κ2) is 5.07. The van der Waals surface area contributed by atoms with E-state index in [1.165, 1.54) is 11.1 Å². The molecule has 2 heterocycles. The lowest BCUT2D eigenvalue weighted by Gasteiger charge is -2.23. The minimum Gasteiger partial charge on any atom is -0.493 e. The van der Waals surface area contributed by atoms with Crippen LogP contribution < -0.4 is 10.1 Å². The molecule has 1 fully saturated rings. The van der Waals surface area contributed by atoms with Crippen LogP contribution >= 0.6 is 0 Å². The molecular formula is C14H19NO2. The van der Waals surface area contributed by atoms with Crippen molar-refractivity contribution >= 4 is 0 Å². The first-order valence-electron chi connectivity index (χ1n) is 6.49. The molecule has 0 bridgehead atoms. The number of fused-ring (bicyclic) bond motifs is 1. The highest BCUT2D eigenvalue weighted by Gasteiger charge is 2.15. The average molecular weight is 233 g/mol. The van der Waals surface area contributed by atoms with Crippen LogP contribution in [0.4, 0.5) is 0 Å². The summed E-state index contributed by atoms with van der Waals surface area (Å²) in [4.78, 5) is 0. The summed E-state index contributed by atoms with van der Waals surface area (Å²) in [6.07, 6.45) is 3.64. The van der Waals surface area contributed by atoms with Gasteiger partial charge in [-0.2, -0.15) is 0 Å². The molecule has 0 saturated carbocycles. The average Bonchev–Trinajstić information content (AvgIpc) is 2.85. The fraction of sp³-hybridized carbons (Fsp3) is 0.571. The summed E-state index contributed by atoms with van der Waals surface area (Å²) in [5, 5.41) is 3.37. The highest BCUT2D eigenvalue weighted by molar-refractivity contribution is 5.39. The summed E-state index contributed by atoms with van der Waals surface area (Å²) in [5.74, 6) is 1.07. The third-order valence-corrected chi connectivity index (χ3v) is 3.51. The molecule has 3 heteroatoms. The van der Waals surface area contributed by atoms with Crippen LogP contribution in [0.3, 0.4) is 0 Å². The van der Waals surface area contributed by atoms with Crippen molar-refractivity contribution in [3.05, 3.63) is 29.3 Å². The van der Waals surface area contributed by atoms with Gasteiger partial charge in [-0.3, -0.25) is 0 Å². The highest BCUT2D eigenvalue weighted by Crippen LogP contribution is 2.26. The normalized spacial score (nSPS) is 23.2. The largest absolute Gasteiger partial charge is 0.493 e. The Kier molecular flexibility index (Phi) is 3.29. The Morgan fingerprint density at radius 2 is 2.29 bits per heavy atom. The molecule has 17 heavy (non-hydrogen) atoms. The summed E-state index contributed by atoms with van der Waals surface area (Å²) in [6.45, 7) is 3.68. The van der Waals surface area contributed by atoms with Crippen LogP contribution in [0.5, 0.6) is 5.75 Å². The van der Waals surface area contributed by atoms with Gasteiger partial charge in [0.15, 0.2) is 0 Å². The number of ether oxygens (including phenoxy) is 2. The lowest BCUT2D eigenvalue weighted by molar-refractivity contribution is 0.0238. The van der Waals surface area contributed by atoms with Crippen molar-refractivity contribution in [3.8, 4) is 5.75 Å². The molecule has 0 radical (unpaired) electrons. The van der Waals surface area contributed by atoms with E-state index < -0.39 is 0 Å². The van der Waals surface area contributed by atoms with Crippen LogP contribution in [0, 0.1) is 0 Å². The van der Waals surface area contributed by atoms with E-state index in [1.54, 1.807) is 0 Å². The maximum Gasteiger partial charge on any atom is 0.122 e. The van der Waals surface area contributed by atoms with Crippen molar-refractivity contribution < 1.29 is 9.47 Å². The number of morpholine rings is 1. The van der Waals surface area contributed by atoms with Crippen molar-refractivity contribution in [1.82, 2.24) is 5.32 Å². The fourth-order valence-corrected chi connectivity index (χ4v) is 2.53. The minimum absolute atomic E-state index is 0.383. The summed E-state index contributed by atoms with van der Waals surface area (Å²) >= 11 is 0. The van der Waals surface area contributed by atoms with E-state index in [1.807, 2.05) is 0 Å². The third-order valence-electron chi connectivity index (χ3n) is 3.51. The van der Waals surface area contributed by atoms with Crippen LogP contribution in [0.25, 0.3) is 0 Å². The number of hydrogen-bond acceptors (Lipinski definition) is 3. The van der Waals surface area contributed by atoms with Gasteiger partial charge in [-0.1, -0.05) is 12.1 Å². The second-order valence-corrected chi connectivity index (χ2v) is 4.78. The van der Waals surface area contributed by atoms with Crippen LogP contribution in [-0.2, 0) is 17.6 Å². The molecular weight excluding hydrogens is 214 g/mol. The standard InChI is InChI=1S/C14H19NO2/c1(3-13-10-15-6-8-16-13)11-2-4-14-12(9-11)5-7-17-14/h2,4,9,13,15H,1,3,5-8,10H2. The van der Waals surface area contributed by atoms with Gasteiger partial charge in [0.05, 0.1) is 19.3 Å². The predicted molar refractivity (Wildman–Crippen MR) is 66.6 cm³/mol. The van der Waals surface area contributed by atoms with Gasteiger partial charge in [0.25, 0.3) is 0 Å². The van der Waals surface area contributed by atoms with Crippen molar-refractivity contribution in [1.29, 1.82) is 0 Å². The molecule has 1 unspecified atom stereocenters. The number of hydrogen-bond donors (Lipinski definition) is 1. The van der Waals surface area contributed by atoms with E-state index in [0.717, 1.165) is 51.3 Å². The quantitative estimate of drug-likeness (QED) is 0.859. The van der Waals surface area contributed by atoms with Crippen molar-refractivity contribution in [2.75, 3.05) is 26.3 Å². The number of nitrogens with one attached hydrogen (secondary N) is 1. The predicted octanol–water partition coefficient (Wildman–Crippen LogP) is 1.54. The van der Waals surface area contributed by atoms with Crippen LogP contribution in [-0.4, -0.2) is 32.4 Å². The molecule has 0 spiro atoms. The molecule has 0 aliphatic carbocycles. The zero-order valence-corrected chi connectivity index (χ0v) is 10.1. The summed E-state index contributed by atoms with van der Waals surface area (Å²) in [7, 11) is 0. The van der Waals surface area contributed by atoms with Crippen molar-refractivity contribution in [2.45, 2.75) is 25.4 Å². The zero-order chi connectivity index (χ0) is 11.5. The Bertz CT molecular complexity index is 386. The van der Waals surface area contributed by atoms with E-state index in [9.17, 15) is 0 Å². The Hall–Kier alpha value is -1.06. The van der Waals surface area contributed by atoms with E-state index in [4.69, 9.17) is 9.47 Å². The highest BCUT2D eigenvalue weighted by atomic mass is 16.5. The number of rotatable bonds is 3. The monoisotopic (exact) mass is 233 g/mol. The van der Waals surface area contributed by atoms with E-state index in [0.29, 0.717) is 6.10 Å². The molecule has 1 atom stereocenters. The maximum atomic E-state index is 5.71. The molecule has 1 saturated heterocycles. The Balaban J connectivity index is 1.57. The van der Waals surface area contributed by atoms with Crippen molar-refractivity contribution in [3.63, 3.8) is 0 Å².